The molecule has 0 bridgehead atoms. The molecule has 0 amide bonds. The van der Waals surface area contributed by atoms with Crippen LogP contribution in [0.15, 0.2) is 63.5 Å². The number of allylic oxidation sites excluding steroid dienone is 1. The van der Waals surface area contributed by atoms with E-state index >= 15 is 0 Å². The van der Waals surface area contributed by atoms with Crippen molar-refractivity contribution in [3.8, 4) is 5.75 Å². The van der Waals surface area contributed by atoms with Gasteiger partial charge in [0.1, 0.15) is 5.75 Å². The Morgan fingerprint density at radius 1 is 1.28 bits per heavy atom. The van der Waals surface area contributed by atoms with Crippen LogP contribution in [0.3, 0.4) is 0 Å². The highest BCUT2D eigenvalue weighted by Gasteiger charge is 2.33. The zero-order valence-electron chi connectivity index (χ0n) is 17.1. The summed E-state index contributed by atoms with van der Waals surface area (Å²) in [5.41, 5.74) is 1.51. The van der Waals surface area contributed by atoms with Crippen LogP contribution in [0.25, 0.3) is 6.08 Å². The molecule has 0 saturated carbocycles. The van der Waals surface area contributed by atoms with Crippen molar-refractivity contribution >= 4 is 46.6 Å². The lowest BCUT2D eigenvalue weighted by atomic mass is 9.96. The lowest BCUT2D eigenvalue weighted by molar-refractivity contribution is -0.139. The molecule has 32 heavy (non-hydrogen) atoms. The number of ether oxygens (including phenoxy) is 1. The highest BCUT2D eigenvalue weighted by atomic mass is 35.5. The maximum atomic E-state index is 13.5. The van der Waals surface area contributed by atoms with Gasteiger partial charge in [0.05, 0.1) is 33.5 Å². The van der Waals surface area contributed by atoms with Gasteiger partial charge in [0.15, 0.2) is 4.80 Å². The minimum atomic E-state index is -0.690. The summed E-state index contributed by atoms with van der Waals surface area (Å²) in [7, 11) is 0. The number of hydrogen-bond donors (Lipinski definition) is 1. The third kappa shape index (κ3) is 3.99. The highest BCUT2D eigenvalue weighted by molar-refractivity contribution is 7.07. The number of nitrogens with zero attached hydrogens (tertiary/aromatic N) is 2. The number of carbonyl (C=O) groups is 1. The van der Waals surface area contributed by atoms with Crippen LogP contribution in [0.4, 0.5) is 0 Å². The molecule has 1 N–H and O–H groups in total. The largest absolute Gasteiger partial charge is 0.506 e. The number of halogens is 2. The Morgan fingerprint density at radius 2 is 2.00 bits per heavy atom. The number of hydrogen-bond acceptors (Lipinski definition) is 6. The monoisotopic (exact) mass is 488 g/mol. The van der Waals surface area contributed by atoms with Gasteiger partial charge in [0, 0.05) is 10.6 Å². The van der Waals surface area contributed by atoms with Crippen LogP contribution in [-0.2, 0) is 9.53 Å². The quantitative estimate of drug-likeness (QED) is 0.566. The van der Waals surface area contributed by atoms with Crippen molar-refractivity contribution in [3.63, 3.8) is 0 Å². The Balaban J connectivity index is 1.98. The van der Waals surface area contributed by atoms with Gasteiger partial charge in [-0.2, -0.15) is 0 Å². The second-order valence-electron chi connectivity index (χ2n) is 7.04. The van der Waals surface area contributed by atoms with Crippen LogP contribution in [0, 0.1) is 0 Å². The third-order valence-corrected chi connectivity index (χ3v) is 6.47. The molecule has 2 aromatic carbocycles. The van der Waals surface area contributed by atoms with Crippen LogP contribution in [0.5, 0.6) is 5.75 Å². The van der Waals surface area contributed by atoms with E-state index in [1.54, 1.807) is 13.8 Å². The van der Waals surface area contributed by atoms with Crippen LogP contribution in [-0.4, -0.2) is 22.2 Å². The van der Waals surface area contributed by atoms with Gasteiger partial charge >= 0.3 is 5.97 Å². The number of benzene rings is 2. The van der Waals surface area contributed by atoms with Crippen LogP contribution < -0.4 is 14.9 Å². The summed E-state index contributed by atoms with van der Waals surface area (Å²) in [6.07, 6.45) is 1.52. The number of thiazole rings is 1. The Morgan fingerprint density at radius 3 is 2.69 bits per heavy atom. The fraction of sp³-hybridized carbons (Fsp3) is 0.174. The number of carbonyl (C=O) groups excluding carboxylic acids is 1. The standard InChI is InChI=1S/C23H18Cl2N2O4S/c1-3-31-22(30)18-12(2)26-23-27(19(18)13-7-5-4-6-8-13)21(29)17(32-23)10-14-9-15(24)11-16(25)20(14)28/h4-11,19,28H,3H2,1-2H3/b17-10-. The fourth-order valence-corrected chi connectivity index (χ4v) is 5.13. The first-order chi connectivity index (χ1) is 15.3. The van der Waals surface area contributed by atoms with E-state index < -0.39 is 12.0 Å². The summed E-state index contributed by atoms with van der Waals surface area (Å²) in [5.74, 6) is -0.693. The first kappa shape index (κ1) is 22.3. The third-order valence-electron chi connectivity index (χ3n) is 4.98. The van der Waals surface area contributed by atoms with Crippen molar-refractivity contribution in [2.24, 2.45) is 4.99 Å². The van der Waals surface area contributed by atoms with E-state index in [0.29, 0.717) is 31.2 Å². The van der Waals surface area contributed by atoms with Crippen molar-refractivity contribution < 1.29 is 14.6 Å². The van der Waals surface area contributed by atoms with E-state index in [9.17, 15) is 14.7 Å². The molecule has 1 aromatic heterocycles. The smallest absolute Gasteiger partial charge is 0.338 e. The molecule has 4 rings (SSSR count). The Labute approximate surface area is 197 Å². The van der Waals surface area contributed by atoms with E-state index in [0.717, 1.165) is 16.9 Å². The van der Waals surface area contributed by atoms with Gasteiger partial charge < -0.3 is 9.84 Å². The average molecular weight is 489 g/mol. The normalized spacial score (nSPS) is 16.0. The van der Waals surface area contributed by atoms with Gasteiger partial charge in [-0.1, -0.05) is 64.9 Å². The molecule has 2 heterocycles. The summed E-state index contributed by atoms with van der Waals surface area (Å²) in [4.78, 5) is 31.2. The number of phenolic OH excluding ortho intramolecular Hbond substituents is 1. The maximum absolute atomic E-state index is 13.5. The summed E-state index contributed by atoms with van der Waals surface area (Å²) < 4.78 is 7.06. The average Bonchev–Trinajstić information content (AvgIpc) is 3.06. The molecule has 0 aliphatic carbocycles. The molecule has 0 radical (unpaired) electrons. The van der Waals surface area contributed by atoms with Gasteiger partial charge in [-0.15, -0.1) is 0 Å². The van der Waals surface area contributed by atoms with E-state index in [4.69, 9.17) is 27.9 Å². The van der Waals surface area contributed by atoms with Gasteiger partial charge in [-0.3, -0.25) is 9.36 Å². The summed E-state index contributed by atoms with van der Waals surface area (Å²) in [5, 5.41) is 10.7. The van der Waals surface area contributed by atoms with Gasteiger partial charge in [-0.05, 0) is 37.6 Å². The molecular weight excluding hydrogens is 471 g/mol. The zero-order chi connectivity index (χ0) is 23.0. The number of fused-ring (bicyclic) bond motifs is 1. The minimum absolute atomic E-state index is 0.0825. The molecule has 164 valence electrons. The topological polar surface area (TPSA) is 80.9 Å². The molecule has 1 aliphatic heterocycles. The predicted molar refractivity (Wildman–Crippen MR) is 125 cm³/mol. The molecular formula is C23H18Cl2N2O4S. The maximum Gasteiger partial charge on any atom is 0.338 e. The summed E-state index contributed by atoms with van der Waals surface area (Å²) in [6.45, 7) is 3.65. The first-order valence-corrected chi connectivity index (χ1v) is 11.3. The number of aromatic nitrogens is 1. The van der Waals surface area contributed by atoms with Crippen molar-refractivity contribution in [2.45, 2.75) is 19.9 Å². The fourth-order valence-electron chi connectivity index (χ4n) is 3.58. The van der Waals surface area contributed by atoms with Crippen LogP contribution >= 0.6 is 34.5 Å². The number of esters is 1. The summed E-state index contributed by atoms with van der Waals surface area (Å²) in [6, 6.07) is 11.5. The van der Waals surface area contributed by atoms with Crippen molar-refractivity contribution in [1.29, 1.82) is 0 Å². The van der Waals surface area contributed by atoms with Gasteiger partial charge in [0.2, 0.25) is 0 Å². The molecule has 6 nitrogen and oxygen atoms in total. The van der Waals surface area contributed by atoms with Crippen LogP contribution in [0.1, 0.15) is 31.0 Å². The van der Waals surface area contributed by atoms with E-state index in [-0.39, 0.29) is 22.9 Å². The van der Waals surface area contributed by atoms with E-state index in [2.05, 4.69) is 4.99 Å². The molecule has 0 fully saturated rings. The first-order valence-electron chi connectivity index (χ1n) is 9.74. The second-order valence-corrected chi connectivity index (χ2v) is 8.89. The zero-order valence-corrected chi connectivity index (χ0v) is 19.5. The van der Waals surface area contributed by atoms with Crippen LogP contribution in [0.2, 0.25) is 10.0 Å². The Bertz CT molecular complexity index is 1420. The summed E-state index contributed by atoms with van der Waals surface area (Å²) >= 11 is 13.2. The van der Waals surface area contributed by atoms with Gasteiger partial charge in [-0.25, -0.2) is 9.79 Å². The Hall–Kier alpha value is -2.87. The molecule has 3 aromatic rings. The SMILES string of the molecule is CCOC(=O)C1=C(C)N=c2s/c(=C\c3cc(Cl)cc(Cl)c3O)c(=O)n2C1c1ccccc1. The second kappa shape index (κ2) is 8.94. The van der Waals surface area contributed by atoms with Crippen molar-refractivity contribution in [1.82, 2.24) is 4.57 Å². The molecule has 0 spiro atoms. The van der Waals surface area contributed by atoms with Crippen molar-refractivity contribution in [2.75, 3.05) is 6.61 Å². The number of phenols is 1. The van der Waals surface area contributed by atoms with Gasteiger partial charge in [0.25, 0.3) is 5.56 Å². The molecule has 1 unspecified atom stereocenters. The number of aromatic hydroxyl groups is 1. The number of rotatable bonds is 4. The molecule has 9 heteroatoms. The highest BCUT2D eigenvalue weighted by Crippen LogP contribution is 2.32. The van der Waals surface area contributed by atoms with Crippen molar-refractivity contribution in [3.05, 3.63) is 94.6 Å². The minimum Gasteiger partial charge on any atom is -0.506 e. The van der Waals surface area contributed by atoms with E-state index in [1.165, 1.54) is 22.8 Å². The lowest BCUT2D eigenvalue weighted by Crippen LogP contribution is -2.39. The molecule has 1 atom stereocenters. The molecule has 1 aliphatic rings. The lowest BCUT2D eigenvalue weighted by Gasteiger charge is -2.24. The van der Waals surface area contributed by atoms with E-state index in [1.807, 2.05) is 30.3 Å². The Kier molecular flexibility index (Phi) is 6.24. The predicted octanol–water partition coefficient (Wildman–Crippen LogP) is 3.81. The molecule has 0 saturated heterocycles.